The monoisotopic (exact) mass is 328 g/mol. The van der Waals surface area contributed by atoms with Crippen LogP contribution in [0, 0.1) is 5.41 Å². The highest BCUT2D eigenvalue weighted by molar-refractivity contribution is 7.99. The number of amides is 1. The first-order valence-electron chi connectivity index (χ1n) is 8.24. The Hall–Kier alpha value is -0.290. The Morgan fingerprint density at radius 2 is 1.76 bits per heavy atom. The SMILES string of the molecule is CSC1CCCCC1NC(=O)C1(C(N)=S)CCCCCC1. The van der Waals surface area contributed by atoms with Crippen LogP contribution in [0.25, 0.3) is 0 Å². The van der Waals surface area contributed by atoms with Gasteiger partial charge in [0.05, 0.1) is 10.4 Å². The lowest BCUT2D eigenvalue weighted by atomic mass is 9.78. The van der Waals surface area contributed by atoms with E-state index >= 15 is 0 Å². The van der Waals surface area contributed by atoms with Crippen molar-refractivity contribution in [3.8, 4) is 0 Å². The Morgan fingerprint density at radius 3 is 2.33 bits per heavy atom. The smallest absolute Gasteiger partial charge is 0.233 e. The third-order valence-electron chi connectivity index (χ3n) is 5.19. The summed E-state index contributed by atoms with van der Waals surface area (Å²) in [5, 5.41) is 3.85. The van der Waals surface area contributed by atoms with Crippen LogP contribution in [0.2, 0.25) is 0 Å². The van der Waals surface area contributed by atoms with E-state index in [9.17, 15) is 4.79 Å². The first-order valence-corrected chi connectivity index (χ1v) is 9.93. The van der Waals surface area contributed by atoms with Crippen LogP contribution in [0.5, 0.6) is 0 Å². The zero-order chi connectivity index (χ0) is 15.3. The van der Waals surface area contributed by atoms with Crippen molar-refractivity contribution in [3.05, 3.63) is 0 Å². The van der Waals surface area contributed by atoms with Gasteiger partial charge in [0.15, 0.2) is 0 Å². The number of carbonyl (C=O) groups excluding carboxylic acids is 1. The summed E-state index contributed by atoms with van der Waals surface area (Å²) < 4.78 is 0. The second-order valence-corrected chi connectivity index (χ2v) is 8.02. The molecule has 0 saturated heterocycles. The highest BCUT2D eigenvalue weighted by Crippen LogP contribution is 2.37. The van der Waals surface area contributed by atoms with Crippen LogP contribution in [0.15, 0.2) is 0 Å². The molecule has 0 aromatic rings. The van der Waals surface area contributed by atoms with Gasteiger partial charge in [0.25, 0.3) is 0 Å². The molecule has 0 aromatic carbocycles. The number of hydrogen-bond acceptors (Lipinski definition) is 3. The van der Waals surface area contributed by atoms with Crippen LogP contribution in [0.4, 0.5) is 0 Å². The first kappa shape index (κ1) is 17.1. The van der Waals surface area contributed by atoms with Crippen molar-refractivity contribution in [1.82, 2.24) is 5.32 Å². The van der Waals surface area contributed by atoms with Gasteiger partial charge in [-0.05, 0) is 31.9 Å². The first-order chi connectivity index (χ1) is 10.1. The maximum absolute atomic E-state index is 13.0. The molecule has 3 N–H and O–H groups in total. The van der Waals surface area contributed by atoms with Crippen molar-refractivity contribution < 1.29 is 4.79 Å². The van der Waals surface area contributed by atoms with Crippen LogP contribution in [0.3, 0.4) is 0 Å². The molecule has 0 heterocycles. The molecule has 0 aromatic heterocycles. The molecule has 3 nitrogen and oxygen atoms in total. The van der Waals surface area contributed by atoms with Gasteiger partial charge in [-0.3, -0.25) is 4.79 Å². The zero-order valence-corrected chi connectivity index (χ0v) is 14.7. The average Bonchev–Trinajstić information content (AvgIpc) is 2.74. The van der Waals surface area contributed by atoms with Crippen LogP contribution in [-0.4, -0.2) is 28.4 Å². The fraction of sp³-hybridized carbons (Fsp3) is 0.875. The number of thioether (sulfide) groups is 1. The highest BCUT2D eigenvalue weighted by Gasteiger charge is 2.42. The minimum absolute atomic E-state index is 0.0999. The Morgan fingerprint density at radius 1 is 1.14 bits per heavy atom. The zero-order valence-electron chi connectivity index (χ0n) is 13.0. The van der Waals surface area contributed by atoms with E-state index in [1.54, 1.807) is 0 Å². The molecular weight excluding hydrogens is 300 g/mol. The second kappa shape index (κ2) is 7.82. The molecule has 0 aliphatic heterocycles. The Kier molecular flexibility index (Phi) is 6.35. The molecule has 5 heteroatoms. The molecule has 21 heavy (non-hydrogen) atoms. The number of nitrogens with one attached hydrogen (secondary N) is 1. The summed E-state index contributed by atoms with van der Waals surface area (Å²) in [5.74, 6) is 0.0999. The van der Waals surface area contributed by atoms with Gasteiger partial charge in [-0.1, -0.05) is 50.7 Å². The largest absolute Gasteiger partial charge is 0.392 e. The van der Waals surface area contributed by atoms with E-state index in [1.165, 1.54) is 32.1 Å². The van der Waals surface area contributed by atoms with Gasteiger partial charge < -0.3 is 11.1 Å². The van der Waals surface area contributed by atoms with Gasteiger partial charge >= 0.3 is 0 Å². The van der Waals surface area contributed by atoms with E-state index in [-0.39, 0.29) is 11.9 Å². The van der Waals surface area contributed by atoms with E-state index in [0.29, 0.717) is 10.2 Å². The summed E-state index contributed by atoms with van der Waals surface area (Å²) in [5.41, 5.74) is 5.42. The van der Waals surface area contributed by atoms with Gasteiger partial charge in [0.1, 0.15) is 0 Å². The third-order valence-corrected chi connectivity index (χ3v) is 6.75. The predicted molar refractivity (Wildman–Crippen MR) is 94.6 cm³/mol. The van der Waals surface area contributed by atoms with Crippen molar-refractivity contribution in [2.24, 2.45) is 11.1 Å². The van der Waals surface area contributed by atoms with E-state index in [0.717, 1.165) is 32.1 Å². The normalized spacial score (nSPS) is 29.4. The molecule has 2 fully saturated rings. The molecule has 0 spiro atoms. The minimum atomic E-state index is -0.591. The molecule has 1 amide bonds. The molecule has 2 atom stereocenters. The molecule has 2 rings (SSSR count). The fourth-order valence-corrected chi connectivity index (χ4v) is 5.00. The Labute approximate surface area is 138 Å². The quantitative estimate of drug-likeness (QED) is 0.613. The summed E-state index contributed by atoms with van der Waals surface area (Å²) >= 11 is 7.18. The number of hydrogen-bond donors (Lipinski definition) is 2. The lowest BCUT2D eigenvalue weighted by Gasteiger charge is -2.36. The molecule has 0 radical (unpaired) electrons. The molecule has 120 valence electrons. The lowest BCUT2D eigenvalue weighted by Crippen LogP contribution is -2.54. The maximum atomic E-state index is 13.0. The van der Waals surface area contributed by atoms with Gasteiger partial charge in [-0.2, -0.15) is 11.8 Å². The molecular formula is C16H28N2OS2. The number of rotatable bonds is 4. The third kappa shape index (κ3) is 3.92. The number of thiocarbonyl (C=S) groups is 1. The van der Waals surface area contributed by atoms with E-state index < -0.39 is 5.41 Å². The Balaban J connectivity index is 2.09. The van der Waals surface area contributed by atoms with Crippen LogP contribution < -0.4 is 11.1 Å². The van der Waals surface area contributed by atoms with Gasteiger partial charge in [0.2, 0.25) is 5.91 Å². The fourth-order valence-electron chi connectivity index (χ4n) is 3.77. The predicted octanol–water partition coefficient (Wildman–Crippen LogP) is 3.40. The molecule has 2 aliphatic rings. The van der Waals surface area contributed by atoms with Crippen molar-refractivity contribution >= 4 is 34.9 Å². The average molecular weight is 329 g/mol. The second-order valence-electron chi connectivity index (χ2n) is 6.50. The van der Waals surface area contributed by atoms with Crippen molar-refractivity contribution in [1.29, 1.82) is 0 Å². The van der Waals surface area contributed by atoms with Crippen molar-refractivity contribution in [3.63, 3.8) is 0 Å². The van der Waals surface area contributed by atoms with E-state index in [1.807, 2.05) is 11.8 Å². The summed E-state index contributed by atoms with van der Waals surface area (Å²) in [6.45, 7) is 0. The van der Waals surface area contributed by atoms with Crippen molar-refractivity contribution in [2.75, 3.05) is 6.26 Å². The van der Waals surface area contributed by atoms with Gasteiger partial charge in [-0.25, -0.2) is 0 Å². The lowest BCUT2D eigenvalue weighted by molar-refractivity contribution is -0.129. The highest BCUT2D eigenvalue weighted by atomic mass is 32.2. The molecule has 2 unspecified atom stereocenters. The minimum Gasteiger partial charge on any atom is -0.392 e. The summed E-state index contributed by atoms with van der Waals surface area (Å²) in [4.78, 5) is 13.4. The maximum Gasteiger partial charge on any atom is 0.233 e. The summed E-state index contributed by atoms with van der Waals surface area (Å²) in [6, 6.07) is 0.288. The topological polar surface area (TPSA) is 55.1 Å². The van der Waals surface area contributed by atoms with Gasteiger partial charge in [-0.15, -0.1) is 0 Å². The summed E-state index contributed by atoms with van der Waals surface area (Å²) in [6.07, 6.45) is 13.1. The van der Waals surface area contributed by atoms with Crippen LogP contribution in [0.1, 0.15) is 64.2 Å². The van der Waals surface area contributed by atoms with Crippen molar-refractivity contribution in [2.45, 2.75) is 75.5 Å². The standard InChI is InChI=1S/C16H28N2OS2/c1-21-13-9-5-4-8-12(13)18-15(19)16(14(17)20)10-6-2-3-7-11-16/h12-13H,2-11H2,1H3,(H2,17,20)(H,18,19). The van der Waals surface area contributed by atoms with E-state index in [4.69, 9.17) is 18.0 Å². The van der Waals surface area contributed by atoms with E-state index in [2.05, 4.69) is 11.6 Å². The van der Waals surface area contributed by atoms with Gasteiger partial charge in [0, 0.05) is 11.3 Å². The summed E-state index contributed by atoms with van der Waals surface area (Å²) in [7, 11) is 0. The molecule has 2 aliphatic carbocycles. The van der Waals surface area contributed by atoms with Crippen LogP contribution in [-0.2, 0) is 4.79 Å². The number of nitrogens with two attached hydrogens (primary N) is 1. The van der Waals surface area contributed by atoms with Crippen LogP contribution >= 0.6 is 24.0 Å². The number of carbonyl (C=O) groups is 1. The Bertz CT molecular complexity index is 378. The molecule has 2 saturated carbocycles. The molecule has 0 bridgehead atoms.